The first kappa shape index (κ1) is 21.5. The number of anilines is 2. The summed E-state index contributed by atoms with van der Waals surface area (Å²) in [7, 11) is 1.52. The molecule has 1 aromatic heterocycles. The number of amides is 3. The van der Waals surface area contributed by atoms with Gasteiger partial charge < -0.3 is 20.7 Å². The highest BCUT2D eigenvalue weighted by Gasteiger charge is 2.31. The van der Waals surface area contributed by atoms with Crippen molar-refractivity contribution in [1.29, 1.82) is 0 Å². The van der Waals surface area contributed by atoms with Crippen LogP contribution >= 0.6 is 15.9 Å². The van der Waals surface area contributed by atoms with Crippen molar-refractivity contribution in [2.45, 2.75) is 12.3 Å². The molecule has 3 N–H and O–H groups in total. The predicted molar refractivity (Wildman–Crippen MR) is 123 cm³/mol. The molecule has 0 radical (unpaired) electrons. The molecule has 1 aliphatic rings. The Morgan fingerprint density at radius 1 is 1.16 bits per heavy atom. The van der Waals surface area contributed by atoms with E-state index < -0.39 is 5.92 Å². The summed E-state index contributed by atoms with van der Waals surface area (Å²) in [6, 6.07) is 15.5. The summed E-state index contributed by atoms with van der Waals surface area (Å²) in [6.45, 7) is 0. The molecule has 9 heteroatoms. The number of carbonyl (C=O) groups excluding carboxylic acids is 3. The number of carbonyl (C=O) groups is 3. The normalized spacial score (nSPS) is 14.7. The van der Waals surface area contributed by atoms with Crippen LogP contribution in [0, 0.1) is 0 Å². The van der Waals surface area contributed by atoms with Crippen molar-refractivity contribution >= 4 is 45.0 Å². The van der Waals surface area contributed by atoms with Crippen LogP contribution in [0.15, 0.2) is 65.3 Å². The summed E-state index contributed by atoms with van der Waals surface area (Å²) in [4.78, 5) is 41.1. The van der Waals surface area contributed by atoms with Crippen LogP contribution in [0.4, 0.5) is 11.4 Å². The van der Waals surface area contributed by atoms with Gasteiger partial charge >= 0.3 is 0 Å². The molecule has 1 unspecified atom stereocenters. The zero-order chi connectivity index (χ0) is 22.7. The second-order valence-electron chi connectivity index (χ2n) is 7.08. The Morgan fingerprint density at radius 2 is 1.97 bits per heavy atom. The van der Waals surface area contributed by atoms with Gasteiger partial charge in [-0.2, -0.15) is 0 Å². The highest BCUT2D eigenvalue weighted by Crippen LogP contribution is 2.36. The van der Waals surface area contributed by atoms with Gasteiger partial charge in [0, 0.05) is 35.9 Å². The molecule has 162 valence electrons. The standard InChI is InChI=1S/C23H19BrN4O4/c1-25-23(31)19-11-14(8-9-26-19)32-20-5-3-2-4-18(20)28-22(30)16-12-21(29)27-17-7-6-13(24)10-15(16)17/h2-11,16H,12H2,1H3,(H,25,31)(H,27,29)(H,28,30). The van der Waals surface area contributed by atoms with Gasteiger partial charge in [-0.3, -0.25) is 19.4 Å². The fraction of sp³-hybridized carbons (Fsp3) is 0.130. The first-order valence-corrected chi connectivity index (χ1v) is 10.6. The maximum absolute atomic E-state index is 13.1. The maximum Gasteiger partial charge on any atom is 0.269 e. The van der Waals surface area contributed by atoms with E-state index >= 15 is 0 Å². The van der Waals surface area contributed by atoms with Gasteiger partial charge in [-0.05, 0) is 42.0 Å². The highest BCUT2D eigenvalue weighted by atomic mass is 79.9. The van der Waals surface area contributed by atoms with E-state index in [1.54, 1.807) is 36.4 Å². The van der Waals surface area contributed by atoms with E-state index in [2.05, 4.69) is 36.9 Å². The largest absolute Gasteiger partial charge is 0.455 e. The van der Waals surface area contributed by atoms with Gasteiger partial charge in [0.2, 0.25) is 11.8 Å². The Bertz CT molecular complexity index is 1210. The van der Waals surface area contributed by atoms with Crippen molar-refractivity contribution in [2.75, 3.05) is 17.7 Å². The maximum atomic E-state index is 13.1. The molecule has 0 spiro atoms. The quantitative estimate of drug-likeness (QED) is 0.495. The first-order valence-electron chi connectivity index (χ1n) is 9.80. The molecule has 8 nitrogen and oxygen atoms in total. The number of hydrogen-bond acceptors (Lipinski definition) is 5. The van der Waals surface area contributed by atoms with E-state index in [9.17, 15) is 14.4 Å². The van der Waals surface area contributed by atoms with Crippen molar-refractivity contribution in [2.24, 2.45) is 0 Å². The minimum absolute atomic E-state index is 0.0398. The molecular formula is C23H19BrN4O4. The van der Waals surface area contributed by atoms with Gasteiger partial charge in [0.05, 0.1) is 11.6 Å². The lowest BCUT2D eigenvalue weighted by Gasteiger charge is -2.25. The lowest BCUT2D eigenvalue weighted by atomic mass is 9.89. The van der Waals surface area contributed by atoms with E-state index in [0.29, 0.717) is 22.9 Å². The van der Waals surface area contributed by atoms with E-state index in [-0.39, 0.29) is 29.8 Å². The molecule has 2 heterocycles. The van der Waals surface area contributed by atoms with E-state index in [4.69, 9.17) is 4.74 Å². The molecule has 0 bridgehead atoms. The Labute approximate surface area is 192 Å². The topological polar surface area (TPSA) is 109 Å². The third-order valence-electron chi connectivity index (χ3n) is 4.93. The van der Waals surface area contributed by atoms with Crippen LogP contribution < -0.4 is 20.7 Å². The number of aromatic nitrogens is 1. The molecule has 0 saturated heterocycles. The zero-order valence-corrected chi connectivity index (χ0v) is 18.6. The van der Waals surface area contributed by atoms with Gasteiger partial charge in [-0.1, -0.05) is 28.1 Å². The summed E-state index contributed by atoms with van der Waals surface area (Å²) in [5.74, 6) is -0.738. The summed E-state index contributed by atoms with van der Waals surface area (Å²) in [6.07, 6.45) is 1.51. The molecule has 1 aliphatic heterocycles. The van der Waals surface area contributed by atoms with E-state index in [1.165, 1.54) is 19.3 Å². The number of ether oxygens (including phenoxy) is 1. The van der Waals surface area contributed by atoms with Crippen molar-refractivity contribution in [3.63, 3.8) is 0 Å². The molecule has 0 saturated carbocycles. The summed E-state index contributed by atoms with van der Waals surface area (Å²) < 4.78 is 6.74. The molecule has 32 heavy (non-hydrogen) atoms. The monoisotopic (exact) mass is 494 g/mol. The number of halogens is 1. The lowest BCUT2D eigenvalue weighted by Crippen LogP contribution is -2.30. The Morgan fingerprint density at radius 3 is 2.78 bits per heavy atom. The Kier molecular flexibility index (Phi) is 6.18. The van der Waals surface area contributed by atoms with Gasteiger partial charge in [-0.15, -0.1) is 0 Å². The number of para-hydroxylation sites is 2. The van der Waals surface area contributed by atoms with Gasteiger partial charge in [0.1, 0.15) is 11.4 Å². The second-order valence-corrected chi connectivity index (χ2v) is 8.00. The van der Waals surface area contributed by atoms with Crippen molar-refractivity contribution in [3.05, 3.63) is 76.5 Å². The third kappa shape index (κ3) is 4.62. The van der Waals surface area contributed by atoms with Crippen LogP contribution in [-0.2, 0) is 9.59 Å². The van der Waals surface area contributed by atoms with Crippen molar-refractivity contribution in [3.8, 4) is 11.5 Å². The number of nitrogens with one attached hydrogen (secondary N) is 3. The number of rotatable bonds is 5. The second kappa shape index (κ2) is 9.19. The van der Waals surface area contributed by atoms with Crippen LogP contribution in [0.25, 0.3) is 0 Å². The lowest BCUT2D eigenvalue weighted by molar-refractivity contribution is -0.123. The molecule has 4 rings (SSSR count). The Hall–Kier alpha value is -3.72. The number of hydrogen-bond donors (Lipinski definition) is 3. The van der Waals surface area contributed by atoms with E-state index in [0.717, 1.165) is 10.0 Å². The number of pyridine rings is 1. The third-order valence-corrected chi connectivity index (χ3v) is 5.43. The first-order chi connectivity index (χ1) is 15.4. The summed E-state index contributed by atoms with van der Waals surface area (Å²) >= 11 is 3.42. The minimum Gasteiger partial charge on any atom is -0.455 e. The predicted octanol–water partition coefficient (Wildman–Crippen LogP) is 4.06. The van der Waals surface area contributed by atoms with Gasteiger partial charge in [-0.25, -0.2) is 0 Å². The minimum atomic E-state index is -0.648. The Balaban J connectivity index is 1.58. The fourth-order valence-electron chi connectivity index (χ4n) is 3.40. The van der Waals surface area contributed by atoms with Gasteiger partial charge in [0.15, 0.2) is 5.75 Å². The molecular weight excluding hydrogens is 476 g/mol. The smallest absolute Gasteiger partial charge is 0.269 e. The van der Waals surface area contributed by atoms with Crippen molar-refractivity contribution in [1.82, 2.24) is 10.3 Å². The van der Waals surface area contributed by atoms with Crippen LogP contribution in [0.3, 0.4) is 0 Å². The molecule has 0 fully saturated rings. The van der Waals surface area contributed by atoms with Crippen LogP contribution in [-0.4, -0.2) is 29.8 Å². The summed E-state index contributed by atoms with van der Waals surface area (Å²) in [5, 5.41) is 8.18. The SMILES string of the molecule is CNC(=O)c1cc(Oc2ccccc2NC(=O)C2CC(=O)Nc3ccc(Br)cc32)ccn1. The van der Waals surface area contributed by atoms with Gasteiger partial charge in [0.25, 0.3) is 5.91 Å². The fourth-order valence-corrected chi connectivity index (χ4v) is 3.78. The number of nitrogens with zero attached hydrogens (tertiary/aromatic N) is 1. The van der Waals surface area contributed by atoms with Crippen LogP contribution in [0.5, 0.6) is 11.5 Å². The van der Waals surface area contributed by atoms with Crippen molar-refractivity contribution < 1.29 is 19.1 Å². The molecule has 1 atom stereocenters. The molecule has 3 aromatic rings. The van der Waals surface area contributed by atoms with E-state index in [1.807, 2.05) is 12.1 Å². The van der Waals surface area contributed by atoms with Crippen LogP contribution in [0.2, 0.25) is 0 Å². The number of benzene rings is 2. The highest BCUT2D eigenvalue weighted by molar-refractivity contribution is 9.10. The average Bonchev–Trinajstić information content (AvgIpc) is 2.79. The van der Waals surface area contributed by atoms with Crippen LogP contribution in [0.1, 0.15) is 28.4 Å². The molecule has 3 amide bonds. The average molecular weight is 495 g/mol. The summed E-state index contributed by atoms with van der Waals surface area (Å²) in [5.41, 5.74) is 2.01. The number of fused-ring (bicyclic) bond motifs is 1. The molecule has 0 aliphatic carbocycles. The zero-order valence-electron chi connectivity index (χ0n) is 17.0. The molecule has 2 aromatic carbocycles.